The summed E-state index contributed by atoms with van der Waals surface area (Å²) in [6, 6.07) is 5.18. The molecule has 0 radical (unpaired) electrons. The van der Waals surface area contributed by atoms with Crippen molar-refractivity contribution in [2.24, 2.45) is 0 Å². The van der Waals surface area contributed by atoms with Gasteiger partial charge in [0.25, 0.3) is 0 Å². The van der Waals surface area contributed by atoms with Gasteiger partial charge in [-0.3, -0.25) is 9.48 Å². The normalized spacial score (nSPS) is 10.2. The van der Waals surface area contributed by atoms with Gasteiger partial charge in [-0.05, 0) is 24.3 Å². The van der Waals surface area contributed by atoms with Crippen molar-refractivity contribution in [1.29, 1.82) is 0 Å². The summed E-state index contributed by atoms with van der Waals surface area (Å²) in [7, 11) is 1.15. The first-order valence-electron chi connectivity index (χ1n) is 5.96. The van der Waals surface area contributed by atoms with Gasteiger partial charge < -0.3 is 15.8 Å². The van der Waals surface area contributed by atoms with Crippen LogP contribution in [0.1, 0.15) is 10.4 Å². The lowest BCUT2D eigenvalue weighted by atomic mass is 10.2. The van der Waals surface area contributed by atoms with E-state index in [9.17, 15) is 14.0 Å². The van der Waals surface area contributed by atoms with Crippen LogP contribution in [0.4, 0.5) is 15.9 Å². The van der Waals surface area contributed by atoms with Crippen LogP contribution in [0.5, 0.6) is 0 Å². The maximum absolute atomic E-state index is 13.5. The largest absolute Gasteiger partial charge is 0.465 e. The second-order valence-electron chi connectivity index (χ2n) is 4.17. The van der Waals surface area contributed by atoms with Gasteiger partial charge in [0.05, 0.1) is 12.7 Å². The smallest absolute Gasteiger partial charge is 0.340 e. The van der Waals surface area contributed by atoms with Crippen LogP contribution < -0.4 is 11.1 Å². The maximum Gasteiger partial charge on any atom is 0.340 e. The van der Waals surface area contributed by atoms with Crippen molar-refractivity contribution in [3.63, 3.8) is 0 Å². The second kappa shape index (κ2) is 6.04. The number of hydrogen-bond donors (Lipinski definition) is 2. The zero-order chi connectivity index (χ0) is 15.4. The minimum atomic E-state index is -0.816. The Hall–Kier alpha value is -2.90. The van der Waals surface area contributed by atoms with Crippen LogP contribution >= 0.6 is 0 Å². The molecule has 0 aliphatic rings. The summed E-state index contributed by atoms with van der Waals surface area (Å²) in [5, 5.41) is 6.40. The number of esters is 1. The number of nitrogens with one attached hydrogen (secondary N) is 1. The first-order valence-corrected chi connectivity index (χ1v) is 5.96. The number of methoxy groups -OCH3 is 1. The fourth-order valence-corrected chi connectivity index (χ4v) is 1.68. The average Bonchev–Trinajstić information content (AvgIpc) is 2.85. The van der Waals surface area contributed by atoms with Crippen molar-refractivity contribution in [2.75, 3.05) is 18.2 Å². The molecule has 0 unspecified atom stereocenters. The topological polar surface area (TPSA) is 99.2 Å². The molecule has 0 bridgehead atoms. The van der Waals surface area contributed by atoms with Gasteiger partial charge in [0.2, 0.25) is 5.91 Å². The van der Waals surface area contributed by atoms with Gasteiger partial charge in [-0.2, -0.15) is 5.10 Å². The van der Waals surface area contributed by atoms with Gasteiger partial charge in [-0.1, -0.05) is 0 Å². The minimum absolute atomic E-state index is 0.0534. The number of ether oxygens (including phenoxy) is 1. The number of anilines is 2. The number of nitrogens with zero attached hydrogens (tertiary/aromatic N) is 2. The number of rotatable bonds is 4. The van der Waals surface area contributed by atoms with E-state index in [1.54, 1.807) is 12.3 Å². The molecule has 110 valence electrons. The van der Waals surface area contributed by atoms with E-state index >= 15 is 0 Å². The molecule has 0 spiro atoms. The molecule has 21 heavy (non-hydrogen) atoms. The van der Waals surface area contributed by atoms with Crippen LogP contribution in [0.2, 0.25) is 0 Å². The highest BCUT2D eigenvalue weighted by molar-refractivity contribution is 5.94. The van der Waals surface area contributed by atoms with Crippen molar-refractivity contribution in [1.82, 2.24) is 9.78 Å². The molecule has 8 heteroatoms. The summed E-state index contributed by atoms with van der Waals surface area (Å²) >= 11 is 0. The van der Waals surface area contributed by atoms with Crippen molar-refractivity contribution < 1.29 is 18.7 Å². The molecular formula is C13H13FN4O3. The van der Waals surface area contributed by atoms with Crippen molar-refractivity contribution in [3.8, 4) is 0 Å². The summed E-state index contributed by atoms with van der Waals surface area (Å²) in [6.07, 6.45) is 1.56. The van der Waals surface area contributed by atoms with Gasteiger partial charge in [0.15, 0.2) is 0 Å². The Morgan fingerprint density at radius 3 is 2.81 bits per heavy atom. The number of nitrogen functional groups attached to an aromatic ring is 1. The van der Waals surface area contributed by atoms with Crippen LogP contribution in [-0.4, -0.2) is 28.8 Å². The van der Waals surface area contributed by atoms with Crippen LogP contribution in [0.3, 0.4) is 0 Å². The van der Waals surface area contributed by atoms with E-state index < -0.39 is 11.8 Å². The van der Waals surface area contributed by atoms with Gasteiger partial charge in [0.1, 0.15) is 18.2 Å². The van der Waals surface area contributed by atoms with Crippen molar-refractivity contribution >= 4 is 23.4 Å². The van der Waals surface area contributed by atoms with Gasteiger partial charge in [-0.25, -0.2) is 9.18 Å². The summed E-state index contributed by atoms with van der Waals surface area (Å²) in [6.45, 7) is -0.0534. The number of carbonyl (C=O) groups excluding carboxylic acids is 2. The maximum atomic E-state index is 13.5. The Kier molecular flexibility index (Phi) is 4.17. The van der Waals surface area contributed by atoms with Gasteiger partial charge in [-0.15, -0.1) is 0 Å². The van der Waals surface area contributed by atoms with Crippen LogP contribution in [0.25, 0.3) is 0 Å². The number of halogens is 1. The fraction of sp³-hybridized carbons (Fsp3) is 0.154. The molecule has 1 heterocycles. The number of amides is 1. The Morgan fingerprint density at radius 1 is 1.43 bits per heavy atom. The third kappa shape index (κ3) is 3.56. The monoisotopic (exact) mass is 292 g/mol. The molecule has 2 aromatic rings. The zero-order valence-corrected chi connectivity index (χ0v) is 11.2. The first kappa shape index (κ1) is 14.5. The molecule has 0 atom stereocenters. The Balaban J connectivity index is 2.08. The molecule has 2 rings (SSSR count). The first-order chi connectivity index (χ1) is 9.99. The van der Waals surface area contributed by atoms with E-state index in [0.717, 1.165) is 13.2 Å². The van der Waals surface area contributed by atoms with Crippen LogP contribution in [0, 0.1) is 5.82 Å². The Bertz CT molecular complexity index is 684. The zero-order valence-electron chi connectivity index (χ0n) is 11.2. The summed E-state index contributed by atoms with van der Waals surface area (Å²) in [4.78, 5) is 23.2. The lowest BCUT2D eigenvalue weighted by molar-refractivity contribution is -0.116. The molecule has 1 amide bonds. The highest BCUT2D eigenvalue weighted by atomic mass is 19.1. The third-order valence-corrected chi connectivity index (χ3v) is 2.62. The molecule has 1 aromatic heterocycles. The van der Waals surface area contributed by atoms with E-state index in [4.69, 9.17) is 5.73 Å². The molecule has 7 nitrogen and oxygen atoms in total. The van der Waals surface area contributed by atoms with Crippen molar-refractivity contribution in [3.05, 3.63) is 41.8 Å². The molecular weight excluding hydrogens is 279 g/mol. The minimum Gasteiger partial charge on any atom is -0.465 e. The second-order valence-corrected chi connectivity index (χ2v) is 4.17. The van der Waals surface area contributed by atoms with E-state index in [2.05, 4.69) is 15.2 Å². The molecule has 3 N–H and O–H groups in total. The number of carbonyl (C=O) groups is 2. The number of benzene rings is 1. The standard InChI is InChI=1S/C13H13FN4O3/c1-21-13(20)9-6-8(2-3-10(9)14)16-12(19)7-18-5-4-11(15)17-18/h2-6H,7H2,1H3,(H2,15,17)(H,16,19). The molecule has 0 fully saturated rings. The van der Waals surface area contributed by atoms with E-state index in [-0.39, 0.29) is 23.7 Å². The van der Waals surface area contributed by atoms with Crippen LogP contribution in [0.15, 0.2) is 30.5 Å². The quantitative estimate of drug-likeness (QED) is 0.820. The lowest BCUT2D eigenvalue weighted by Crippen LogP contribution is -2.19. The molecule has 0 saturated carbocycles. The predicted octanol–water partition coefficient (Wildman–Crippen LogP) is 1.03. The SMILES string of the molecule is COC(=O)c1cc(NC(=O)Cn2ccc(N)n2)ccc1F. The predicted molar refractivity (Wildman–Crippen MR) is 73.0 cm³/mol. The van der Waals surface area contributed by atoms with E-state index in [1.807, 2.05) is 0 Å². The van der Waals surface area contributed by atoms with Gasteiger partial charge >= 0.3 is 5.97 Å². The average molecular weight is 292 g/mol. The fourth-order valence-electron chi connectivity index (χ4n) is 1.68. The Morgan fingerprint density at radius 2 is 2.19 bits per heavy atom. The molecule has 0 aliphatic heterocycles. The molecule has 0 saturated heterocycles. The van der Waals surface area contributed by atoms with Gasteiger partial charge in [0, 0.05) is 11.9 Å². The lowest BCUT2D eigenvalue weighted by Gasteiger charge is -2.07. The number of hydrogen-bond acceptors (Lipinski definition) is 5. The summed E-state index contributed by atoms with van der Waals surface area (Å²) < 4.78 is 19.3. The number of aromatic nitrogens is 2. The highest BCUT2D eigenvalue weighted by Crippen LogP contribution is 2.15. The number of nitrogens with two attached hydrogens (primary N) is 1. The van der Waals surface area contributed by atoms with Crippen LogP contribution in [-0.2, 0) is 16.1 Å². The van der Waals surface area contributed by atoms with Crippen molar-refractivity contribution in [2.45, 2.75) is 6.54 Å². The third-order valence-electron chi connectivity index (χ3n) is 2.62. The molecule has 0 aliphatic carbocycles. The van der Waals surface area contributed by atoms with E-state index in [1.165, 1.54) is 16.8 Å². The highest BCUT2D eigenvalue weighted by Gasteiger charge is 2.14. The molecule has 1 aromatic carbocycles. The summed E-state index contributed by atoms with van der Waals surface area (Å²) in [5.74, 6) is -1.62. The Labute approximate surface area is 119 Å². The summed E-state index contributed by atoms with van der Waals surface area (Å²) in [5.41, 5.74) is 5.46. The van der Waals surface area contributed by atoms with E-state index in [0.29, 0.717) is 5.82 Å².